The number of benzene rings is 1. The molecule has 4 aliphatic rings. The molecular weight excluding hydrogens is 460 g/mol. The van der Waals surface area contributed by atoms with Crippen LogP contribution in [0.1, 0.15) is 83.5 Å². The van der Waals surface area contributed by atoms with Crippen LogP contribution in [0.5, 0.6) is 0 Å². The molecule has 1 heterocycles. The second-order valence-corrected chi connectivity index (χ2v) is 13.9. The first kappa shape index (κ1) is 25.7. The van der Waals surface area contributed by atoms with Gasteiger partial charge in [-0.15, -0.1) is 0 Å². The van der Waals surface area contributed by atoms with Crippen LogP contribution in [-0.4, -0.2) is 43.6 Å². The summed E-state index contributed by atoms with van der Waals surface area (Å²) < 4.78 is 0. The molecule has 1 aromatic heterocycles. The van der Waals surface area contributed by atoms with Crippen molar-refractivity contribution < 1.29 is 15.3 Å². The normalized spacial score (nSPS) is 44.2. The van der Waals surface area contributed by atoms with Crippen LogP contribution in [0.15, 0.2) is 24.4 Å². The van der Waals surface area contributed by atoms with Gasteiger partial charge in [-0.05, 0) is 116 Å². The van der Waals surface area contributed by atoms with Gasteiger partial charge in [0.15, 0.2) is 0 Å². The summed E-state index contributed by atoms with van der Waals surface area (Å²) in [7, 11) is 0. The summed E-state index contributed by atoms with van der Waals surface area (Å²) in [4.78, 5) is 9.50. The highest BCUT2D eigenvalue weighted by atomic mass is 16.3. The Balaban J connectivity index is 1.20. The number of aliphatic hydroxyl groups is 3. The third kappa shape index (κ3) is 4.06. The highest BCUT2D eigenvalue weighted by Gasteiger charge is 2.65. The first-order valence-corrected chi connectivity index (χ1v) is 14.9. The van der Waals surface area contributed by atoms with Crippen LogP contribution in [0.2, 0.25) is 0 Å². The number of hydrogen-bond donors (Lipinski definition) is 3. The average molecular weight is 507 g/mol. The minimum absolute atomic E-state index is 0.126. The van der Waals surface area contributed by atoms with Crippen LogP contribution in [0.4, 0.5) is 0 Å². The van der Waals surface area contributed by atoms with Crippen LogP contribution >= 0.6 is 0 Å². The monoisotopic (exact) mass is 506 g/mol. The Bertz CT molecular complexity index is 1150. The first-order valence-electron chi connectivity index (χ1n) is 14.9. The summed E-state index contributed by atoms with van der Waals surface area (Å²) in [5.41, 5.74) is 2.21. The van der Waals surface area contributed by atoms with Gasteiger partial charge < -0.3 is 15.3 Å². The van der Waals surface area contributed by atoms with Crippen LogP contribution in [0, 0.1) is 53.3 Å². The van der Waals surface area contributed by atoms with Crippen LogP contribution in [0.25, 0.3) is 10.9 Å². The summed E-state index contributed by atoms with van der Waals surface area (Å²) in [6.07, 6.45) is 9.50. The maximum Gasteiger partial charge on any atom is 0.128 e. The Morgan fingerprint density at radius 2 is 1.84 bits per heavy atom. The van der Waals surface area contributed by atoms with Crippen molar-refractivity contribution >= 4 is 10.9 Å². The topological polar surface area (TPSA) is 86.5 Å². The van der Waals surface area contributed by atoms with Crippen LogP contribution in [0.3, 0.4) is 0 Å². The Kier molecular flexibility index (Phi) is 6.44. The third-order valence-corrected chi connectivity index (χ3v) is 12.1. The van der Waals surface area contributed by atoms with E-state index < -0.39 is 0 Å². The molecule has 6 rings (SSSR count). The molecule has 3 N–H and O–H groups in total. The fourth-order valence-corrected chi connectivity index (χ4v) is 9.98. The Hall–Kier alpha value is -1.56. The molecule has 0 saturated heterocycles. The molecule has 0 aliphatic heterocycles. The molecule has 1 unspecified atom stereocenters. The van der Waals surface area contributed by atoms with Crippen LogP contribution < -0.4 is 0 Å². The summed E-state index contributed by atoms with van der Waals surface area (Å²) in [5.74, 6) is 3.18. The van der Waals surface area contributed by atoms with E-state index in [1.807, 2.05) is 6.20 Å². The predicted molar refractivity (Wildman–Crippen MR) is 146 cm³/mol. The van der Waals surface area contributed by atoms with E-state index in [2.05, 4.69) is 50.9 Å². The van der Waals surface area contributed by atoms with Crippen molar-refractivity contribution in [2.45, 2.75) is 104 Å². The van der Waals surface area contributed by atoms with Gasteiger partial charge >= 0.3 is 0 Å². The van der Waals surface area contributed by atoms with Crippen molar-refractivity contribution in [3.8, 4) is 0 Å². The smallest absolute Gasteiger partial charge is 0.128 e. The minimum Gasteiger partial charge on any atom is -0.393 e. The zero-order valence-electron chi connectivity index (χ0n) is 23.1. The maximum absolute atomic E-state index is 11.8. The molecule has 4 aliphatic carbocycles. The minimum atomic E-state index is -0.330. The molecule has 4 saturated carbocycles. The average Bonchev–Trinajstić information content (AvgIpc) is 3.22. The van der Waals surface area contributed by atoms with E-state index in [-0.39, 0.29) is 35.1 Å². The molecule has 5 nitrogen and oxygen atoms in total. The number of aromatic nitrogens is 2. The van der Waals surface area contributed by atoms with Crippen molar-refractivity contribution in [2.24, 2.45) is 46.3 Å². The second-order valence-electron chi connectivity index (χ2n) is 13.9. The van der Waals surface area contributed by atoms with E-state index in [4.69, 9.17) is 4.98 Å². The van der Waals surface area contributed by atoms with E-state index in [1.165, 1.54) is 5.56 Å². The number of fused-ring (bicyclic) bond motifs is 6. The predicted octanol–water partition coefficient (Wildman–Crippen LogP) is 5.47. The largest absolute Gasteiger partial charge is 0.393 e. The fourth-order valence-electron chi connectivity index (χ4n) is 9.98. The SMILES string of the molecule is Cc1ccc2cnc(CC[C@@H](C)[C@H]3CC[C@H]4[C@H]5C(C[C@H](O)[C@]34C)[C@@]3(C)CC[C@@H](O)C[C@H]3C[C@H]5O)nc2c1. The molecule has 202 valence electrons. The van der Waals surface area contributed by atoms with Crippen molar-refractivity contribution in [1.29, 1.82) is 0 Å². The van der Waals surface area contributed by atoms with Crippen LogP contribution in [-0.2, 0) is 6.42 Å². The molecule has 0 bridgehead atoms. The fraction of sp³-hybridized carbons (Fsp3) is 0.750. The highest BCUT2D eigenvalue weighted by Crippen LogP contribution is 2.68. The summed E-state index contributed by atoms with van der Waals surface area (Å²) in [5, 5.41) is 34.7. The van der Waals surface area contributed by atoms with E-state index in [1.54, 1.807) is 0 Å². The number of hydrogen-bond acceptors (Lipinski definition) is 5. The lowest BCUT2D eigenvalue weighted by Gasteiger charge is -2.63. The summed E-state index contributed by atoms with van der Waals surface area (Å²) >= 11 is 0. The standard InChI is InChI=1S/C32H46N2O3/c1-18-5-7-20-17-33-29(34-26(20)13-18)10-6-19(2)23-8-9-24-30-25(16-28(37)32(23,24)4)31(3)12-11-22(35)14-21(31)15-27(30)36/h5,7,13,17,19,21-25,27-28,30,35-37H,6,8-12,14-16H2,1-4H3/t19-,21+,22-,23-,24+,25?,27-,28+,30+,31+,32-/m1/s1. The Morgan fingerprint density at radius 3 is 2.65 bits per heavy atom. The molecule has 37 heavy (non-hydrogen) atoms. The van der Waals surface area contributed by atoms with Gasteiger partial charge in [-0.25, -0.2) is 9.97 Å². The molecule has 0 amide bonds. The van der Waals surface area contributed by atoms with Gasteiger partial charge in [-0.1, -0.05) is 32.9 Å². The van der Waals surface area contributed by atoms with Gasteiger partial charge in [0.2, 0.25) is 0 Å². The van der Waals surface area contributed by atoms with Gasteiger partial charge in [-0.3, -0.25) is 0 Å². The number of nitrogens with zero attached hydrogens (tertiary/aromatic N) is 2. The number of aliphatic hydroxyl groups excluding tert-OH is 3. The van der Waals surface area contributed by atoms with Crippen molar-refractivity contribution in [3.05, 3.63) is 35.8 Å². The molecular formula is C32H46N2O3. The lowest BCUT2D eigenvalue weighted by Crippen LogP contribution is -2.62. The molecule has 4 fully saturated rings. The van der Waals surface area contributed by atoms with Crippen molar-refractivity contribution in [2.75, 3.05) is 0 Å². The third-order valence-electron chi connectivity index (χ3n) is 12.1. The van der Waals surface area contributed by atoms with Gasteiger partial charge in [0.05, 0.1) is 23.8 Å². The second kappa shape index (κ2) is 9.27. The van der Waals surface area contributed by atoms with E-state index >= 15 is 0 Å². The summed E-state index contributed by atoms with van der Waals surface area (Å²) in [6.45, 7) is 9.21. The van der Waals surface area contributed by atoms with Crippen molar-refractivity contribution in [3.63, 3.8) is 0 Å². The molecule has 2 aromatic rings. The van der Waals surface area contributed by atoms with Crippen molar-refractivity contribution in [1.82, 2.24) is 9.97 Å². The molecule has 5 heteroatoms. The quantitative estimate of drug-likeness (QED) is 0.512. The lowest BCUT2D eigenvalue weighted by atomic mass is 9.43. The molecule has 0 spiro atoms. The zero-order valence-corrected chi connectivity index (χ0v) is 23.1. The molecule has 0 radical (unpaired) electrons. The lowest BCUT2D eigenvalue weighted by molar-refractivity contribution is -0.207. The first-order chi connectivity index (χ1) is 17.6. The highest BCUT2D eigenvalue weighted by molar-refractivity contribution is 5.78. The number of aryl methyl sites for hydroxylation is 2. The van der Waals surface area contributed by atoms with E-state index in [0.717, 1.165) is 74.5 Å². The maximum atomic E-state index is 11.8. The molecule has 1 aromatic carbocycles. The zero-order chi connectivity index (χ0) is 26.1. The van der Waals surface area contributed by atoms with E-state index in [9.17, 15) is 15.3 Å². The van der Waals surface area contributed by atoms with E-state index in [0.29, 0.717) is 29.6 Å². The summed E-state index contributed by atoms with van der Waals surface area (Å²) in [6, 6.07) is 6.33. The van der Waals surface area contributed by atoms with Gasteiger partial charge in [0, 0.05) is 18.0 Å². The Labute approximate surface area is 222 Å². The number of rotatable bonds is 4. The molecule has 11 atom stereocenters. The van der Waals surface area contributed by atoms with Gasteiger partial charge in [0.1, 0.15) is 5.82 Å². The van der Waals surface area contributed by atoms with Gasteiger partial charge in [-0.2, -0.15) is 0 Å². The van der Waals surface area contributed by atoms with Gasteiger partial charge in [0.25, 0.3) is 0 Å². The Morgan fingerprint density at radius 1 is 1.03 bits per heavy atom.